The van der Waals surface area contributed by atoms with Crippen LogP contribution < -0.4 is 16.5 Å². The first-order valence-corrected chi connectivity index (χ1v) is 8.37. The molecule has 0 unspecified atom stereocenters. The average molecular weight is 380 g/mol. The lowest BCUT2D eigenvalue weighted by molar-refractivity contribution is 0.0948. The van der Waals surface area contributed by atoms with Gasteiger partial charge in [0.05, 0.1) is 11.9 Å². The second kappa shape index (κ2) is 7.03. The van der Waals surface area contributed by atoms with Crippen molar-refractivity contribution in [1.82, 2.24) is 20.3 Å². The van der Waals surface area contributed by atoms with Crippen LogP contribution >= 0.6 is 0 Å². The van der Waals surface area contributed by atoms with E-state index in [0.717, 1.165) is 10.7 Å². The lowest BCUT2D eigenvalue weighted by Crippen LogP contribution is -2.34. The molecule has 8 nitrogen and oxygen atoms in total. The van der Waals surface area contributed by atoms with Crippen molar-refractivity contribution in [2.45, 2.75) is 6.54 Å². The van der Waals surface area contributed by atoms with Crippen LogP contribution in [0.15, 0.2) is 62.5 Å². The highest BCUT2D eigenvalue weighted by Gasteiger charge is 2.14. The van der Waals surface area contributed by atoms with Crippen molar-refractivity contribution in [2.24, 2.45) is 0 Å². The summed E-state index contributed by atoms with van der Waals surface area (Å²) in [6.07, 6.45) is 0. The zero-order valence-electron chi connectivity index (χ0n) is 14.4. The number of nitrogens with one attached hydrogen (secondary N) is 1. The minimum absolute atomic E-state index is 0.00292. The summed E-state index contributed by atoms with van der Waals surface area (Å²) >= 11 is 0. The summed E-state index contributed by atoms with van der Waals surface area (Å²) in [5.41, 5.74) is -0.759. The number of fused-ring (bicyclic) bond motifs is 2. The molecular formula is C19H13FN4O4. The first kappa shape index (κ1) is 17.5. The minimum atomic E-state index is -0.755. The van der Waals surface area contributed by atoms with Gasteiger partial charge >= 0.3 is 5.63 Å². The fourth-order valence-corrected chi connectivity index (χ4v) is 2.79. The SMILES string of the molecule is O=C(NCCn1nnc2ccc(F)cc2c1=O)c1cc2ccccc2oc1=O. The molecule has 0 saturated carbocycles. The third-order valence-corrected chi connectivity index (χ3v) is 4.18. The molecule has 2 heterocycles. The van der Waals surface area contributed by atoms with Gasteiger partial charge in [-0.25, -0.2) is 13.9 Å². The van der Waals surface area contributed by atoms with Crippen LogP contribution in [0.5, 0.6) is 0 Å². The second-order valence-electron chi connectivity index (χ2n) is 6.02. The third kappa shape index (κ3) is 3.25. The van der Waals surface area contributed by atoms with E-state index in [1.165, 1.54) is 18.2 Å². The Labute approximate surface area is 156 Å². The smallest absolute Gasteiger partial charge is 0.349 e. The fraction of sp³-hybridized carbons (Fsp3) is 0.105. The molecule has 0 aliphatic heterocycles. The summed E-state index contributed by atoms with van der Waals surface area (Å²) in [5.74, 6) is -1.19. The Kier molecular flexibility index (Phi) is 4.40. The molecule has 0 radical (unpaired) electrons. The molecule has 4 rings (SSSR count). The zero-order chi connectivity index (χ0) is 19.7. The fourth-order valence-electron chi connectivity index (χ4n) is 2.79. The Morgan fingerprint density at radius 1 is 1.14 bits per heavy atom. The molecule has 9 heteroatoms. The van der Waals surface area contributed by atoms with E-state index in [-0.39, 0.29) is 29.6 Å². The number of amides is 1. The number of halogens is 1. The van der Waals surface area contributed by atoms with Gasteiger partial charge in [-0.05, 0) is 30.3 Å². The molecule has 0 spiro atoms. The van der Waals surface area contributed by atoms with Gasteiger partial charge in [0, 0.05) is 11.9 Å². The summed E-state index contributed by atoms with van der Waals surface area (Å²) < 4.78 is 19.5. The van der Waals surface area contributed by atoms with E-state index in [0.29, 0.717) is 11.0 Å². The monoisotopic (exact) mass is 380 g/mol. The number of benzene rings is 2. The second-order valence-corrected chi connectivity index (χ2v) is 6.02. The van der Waals surface area contributed by atoms with Crippen LogP contribution in [0.4, 0.5) is 4.39 Å². The molecule has 0 fully saturated rings. The number of para-hydroxylation sites is 1. The maximum atomic E-state index is 13.4. The van der Waals surface area contributed by atoms with E-state index in [4.69, 9.17) is 4.42 Å². The molecular weight excluding hydrogens is 367 g/mol. The van der Waals surface area contributed by atoms with Crippen molar-refractivity contribution in [3.05, 3.63) is 80.7 Å². The van der Waals surface area contributed by atoms with Crippen LogP contribution in [0, 0.1) is 5.82 Å². The lowest BCUT2D eigenvalue weighted by Gasteiger charge is -2.07. The van der Waals surface area contributed by atoms with Crippen molar-refractivity contribution in [2.75, 3.05) is 6.54 Å². The number of rotatable bonds is 4. The molecule has 140 valence electrons. The predicted molar refractivity (Wildman–Crippen MR) is 98.6 cm³/mol. The number of hydrogen-bond acceptors (Lipinski definition) is 6. The predicted octanol–water partition coefficient (Wildman–Crippen LogP) is 1.47. The molecule has 2 aromatic carbocycles. The van der Waals surface area contributed by atoms with Crippen molar-refractivity contribution in [1.29, 1.82) is 0 Å². The van der Waals surface area contributed by atoms with Gasteiger partial charge in [0.25, 0.3) is 11.5 Å². The summed E-state index contributed by atoms with van der Waals surface area (Å²) in [4.78, 5) is 36.6. The molecule has 1 N–H and O–H groups in total. The summed E-state index contributed by atoms with van der Waals surface area (Å²) in [7, 11) is 0. The number of aromatic nitrogens is 3. The number of nitrogens with zero attached hydrogens (tertiary/aromatic N) is 3. The Morgan fingerprint density at radius 3 is 2.82 bits per heavy atom. The van der Waals surface area contributed by atoms with E-state index >= 15 is 0 Å². The first-order chi connectivity index (χ1) is 13.5. The van der Waals surface area contributed by atoms with Gasteiger partial charge in [-0.2, -0.15) is 0 Å². The number of carbonyl (C=O) groups is 1. The summed E-state index contributed by atoms with van der Waals surface area (Å²) in [5, 5.41) is 10.9. The van der Waals surface area contributed by atoms with Crippen molar-refractivity contribution in [3.63, 3.8) is 0 Å². The molecule has 0 bridgehead atoms. The highest BCUT2D eigenvalue weighted by atomic mass is 19.1. The van der Waals surface area contributed by atoms with Crippen LogP contribution in [0.1, 0.15) is 10.4 Å². The van der Waals surface area contributed by atoms with Gasteiger partial charge in [0.15, 0.2) is 0 Å². The first-order valence-electron chi connectivity index (χ1n) is 8.37. The van der Waals surface area contributed by atoms with Crippen LogP contribution in [0.3, 0.4) is 0 Å². The minimum Gasteiger partial charge on any atom is -0.422 e. The van der Waals surface area contributed by atoms with Gasteiger partial charge in [0.2, 0.25) is 0 Å². The van der Waals surface area contributed by atoms with Gasteiger partial charge in [-0.1, -0.05) is 23.4 Å². The Hall–Kier alpha value is -3.88. The average Bonchev–Trinajstić information content (AvgIpc) is 2.69. The van der Waals surface area contributed by atoms with Gasteiger partial charge in [-0.15, -0.1) is 5.10 Å². The Balaban J connectivity index is 1.51. The number of hydrogen-bond donors (Lipinski definition) is 1. The van der Waals surface area contributed by atoms with E-state index in [2.05, 4.69) is 15.6 Å². The third-order valence-electron chi connectivity index (χ3n) is 4.18. The van der Waals surface area contributed by atoms with Crippen LogP contribution in [0.25, 0.3) is 21.9 Å². The molecule has 28 heavy (non-hydrogen) atoms. The molecule has 1 amide bonds. The quantitative estimate of drug-likeness (QED) is 0.537. The molecule has 0 atom stereocenters. The molecule has 2 aromatic heterocycles. The molecule has 0 saturated heterocycles. The van der Waals surface area contributed by atoms with E-state index in [9.17, 15) is 18.8 Å². The standard InChI is InChI=1S/C19H13FN4O4/c20-12-5-6-15-13(10-12)18(26)24(23-22-15)8-7-21-17(25)14-9-11-3-1-2-4-16(11)28-19(14)27/h1-6,9-10H,7-8H2,(H,21,25). The van der Waals surface area contributed by atoms with Crippen LogP contribution in [0.2, 0.25) is 0 Å². The molecule has 4 aromatic rings. The van der Waals surface area contributed by atoms with Crippen molar-refractivity contribution in [3.8, 4) is 0 Å². The van der Waals surface area contributed by atoms with Gasteiger partial charge in [0.1, 0.15) is 22.5 Å². The molecule has 0 aliphatic carbocycles. The van der Waals surface area contributed by atoms with E-state index in [1.54, 1.807) is 24.3 Å². The highest BCUT2D eigenvalue weighted by molar-refractivity contribution is 5.96. The summed E-state index contributed by atoms with van der Waals surface area (Å²) in [6.45, 7) is 0.0173. The Bertz CT molecular complexity index is 1330. The largest absolute Gasteiger partial charge is 0.422 e. The van der Waals surface area contributed by atoms with Crippen molar-refractivity contribution >= 4 is 27.8 Å². The lowest BCUT2D eigenvalue weighted by atomic mass is 10.2. The van der Waals surface area contributed by atoms with Crippen LogP contribution in [-0.4, -0.2) is 27.4 Å². The number of carbonyl (C=O) groups excluding carboxylic acids is 1. The van der Waals surface area contributed by atoms with Gasteiger partial charge < -0.3 is 9.73 Å². The zero-order valence-corrected chi connectivity index (χ0v) is 14.4. The topological polar surface area (TPSA) is 107 Å². The summed E-state index contributed by atoms with van der Waals surface area (Å²) in [6, 6.07) is 11.9. The van der Waals surface area contributed by atoms with E-state index in [1.807, 2.05) is 0 Å². The normalized spacial score (nSPS) is 11.0. The molecule has 0 aliphatic rings. The van der Waals surface area contributed by atoms with Crippen molar-refractivity contribution < 1.29 is 13.6 Å². The van der Waals surface area contributed by atoms with Crippen LogP contribution in [-0.2, 0) is 6.54 Å². The van der Waals surface area contributed by atoms with Gasteiger partial charge in [-0.3, -0.25) is 9.59 Å². The van der Waals surface area contributed by atoms with E-state index < -0.39 is 22.9 Å². The maximum absolute atomic E-state index is 13.4. The highest BCUT2D eigenvalue weighted by Crippen LogP contribution is 2.12. The Morgan fingerprint density at radius 2 is 1.96 bits per heavy atom. The maximum Gasteiger partial charge on any atom is 0.349 e.